The fourth-order valence-corrected chi connectivity index (χ4v) is 3.13. The molecule has 0 fully saturated rings. The molecule has 2 aromatic carbocycles. The van der Waals surface area contributed by atoms with Crippen molar-refractivity contribution in [2.45, 2.75) is 33.4 Å². The maximum Gasteiger partial charge on any atom is 0.254 e. The largest absolute Gasteiger partial charge is 0.330 e. The molecule has 3 aromatic rings. The molecular formula is C24H25N3O2. The number of nitrogens with one attached hydrogen (secondary N) is 1. The SMILES string of the molecule is CCc1ccc(CN(Cc2cccnc2)C(=O)c2cccc(NC(C)=O)c2)cc1. The molecule has 5 heteroatoms. The third-order valence-corrected chi connectivity index (χ3v) is 4.62. The van der Waals surface area contributed by atoms with Gasteiger partial charge in [0.2, 0.25) is 5.91 Å². The van der Waals surface area contributed by atoms with E-state index in [1.165, 1.54) is 12.5 Å². The van der Waals surface area contributed by atoms with Gasteiger partial charge in [-0.25, -0.2) is 0 Å². The zero-order valence-electron chi connectivity index (χ0n) is 16.8. The highest BCUT2D eigenvalue weighted by molar-refractivity contribution is 5.96. The van der Waals surface area contributed by atoms with Gasteiger partial charge < -0.3 is 10.2 Å². The van der Waals surface area contributed by atoms with Gasteiger partial charge in [-0.1, -0.05) is 43.3 Å². The molecule has 148 valence electrons. The third kappa shape index (κ3) is 5.75. The molecule has 1 N–H and O–H groups in total. The van der Waals surface area contributed by atoms with Crippen molar-refractivity contribution in [1.29, 1.82) is 0 Å². The second kappa shape index (κ2) is 9.64. The molecule has 0 saturated carbocycles. The first-order valence-corrected chi connectivity index (χ1v) is 9.69. The summed E-state index contributed by atoms with van der Waals surface area (Å²) in [6, 6.07) is 19.2. The summed E-state index contributed by atoms with van der Waals surface area (Å²) in [6.45, 7) is 4.51. The summed E-state index contributed by atoms with van der Waals surface area (Å²) in [5, 5.41) is 2.73. The predicted octanol–water partition coefficient (Wildman–Crippen LogP) is 4.45. The highest BCUT2D eigenvalue weighted by Crippen LogP contribution is 2.17. The molecule has 3 rings (SSSR count). The Labute approximate surface area is 171 Å². The number of aromatic nitrogens is 1. The summed E-state index contributed by atoms with van der Waals surface area (Å²) in [5.41, 5.74) is 4.44. The van der Waals surface area contributed by atoms with Crippen molar-refractivity contribution in [1.82, 2.24) is 9.88 Å². The van der Waals surface area contributed by atoms with Gasteiger partial charge in [-0.2, -0.15) is 0 Å². The van der Waals surface area contributed by atoms with Crippen LogP contribution in [0, 0.1) is 0 Å². The maximum absolute atomic E-state index is 13.3. The molecule has 29 heavy (non-hydrogen) atoms. The Bertz CT molecular complexity index is 969. The van der Waals surface area contributed by atoms with E-state index in [9.17, 15) is 9.59 Å². The number of nitrogens with zero attached hydrogens (tertiary/aromatic N) is 2. The summed E-state index contributed by atoms with van der Waals surface area (Å²) in [7, 11) is 0. The Balaban J connectivity index is 1.86. The van der Waals surface area contributed by atoms with Crippen LogP contribution < -0.4 is 5.32 Å². The summed E-state index contributed by atoms with van der Waals surface area (Å²) in [4.78, 5) is 30.6. The average Bonchev–Trinajstić information content (AvgIpc) is 2.74. The molecular weight excluding hydrogens is 362 g/mol. The number of carbonyl (C=O) groups is 2. The molecule has 0 atom stereocenters. The molecule has 0 aliphatic rings. The van der Waals surface area contributed by atoms with Crippen molar-refractivity contribution >= 4 is 17.5 Å². The Hall–Kier alpha value is -3.47. The molecule has 0 radical (unpaired) electrons. The lowest BCUT2D eigenvalue weighted by atomic mass is 10.1. The normalized spacial score (nSPS) is 10.4. The van der Waals surface area contributed by atoms with Crippen LogP contribution in [0.5, 0.6) is 0 Å². The van der Waals surface area contributed by atoms with E-state index in [4.69, 9.17) is 0 Å². The van der Waals surface area contributed by atoms with Gasteiger partial charge in [0.25, 0.3) is 5.91 Å². The molecule has 1 aromatic heterocycles. The van der Waals surface area contributed by atoms with Crippen molar-refractivity contribution in [2.24, 2.45) is 0 Å². The molecule has 5 nitrogen and oxygen atoms in total. The topological polar surface area (TPSA) is 62.3 Å². The molecule has 0 aliphatic carbocycles. The molecule has 0 saturated heterocycles. The first kappa shape index (κ1) is 20.3. The lowest BCUT2D eigenvalue weighted by molar-refractivity contribution is -0.114. The molecule has 0 unspecified atom stereocenters. The minimum atomic E-state index is -0.169. The Morgan fingerprint density at radius 2 is 1.66 bits per heavy atom. The van der Waals surface area contributed by atoms with Crippen LogP contribution in [0.25, 0.3) is 0 Å². The van der Waals surface area contributed by atoms with E-state index in [1.54, 1.807) is 41.6 Å². The number of carbonyl (C=O) groups excluding carboxylic acids is 2. The van der Waals surface area contributed by atoms with Crippen molar-refractivity contribution in [3.8, 4) is 0 Å². The van der Waals surface area contributed by atoms with Gasteiger partial charge in [-0.05, 0) is 47.4 Å². The first-order valence-electron chi connectivity index (χ1n) is 9.69. The third-order valence-electron chi connectivity index (χ3n) is 4.62. The first-order chi connectivity index (χ1) is 14.0. The molecule has 2 amide bonds. The summed E-state index contributed by atoms with van der Waals surface area (Å²) >= 11 is 0. The highest BCUT2D eigenvalue weighted by Gasteiger charge is 2.17. The van der Waals surface area contributed by atoms with E-state index in [1.807, 2.05) is 12.1 Å². The van der Waals surface area contributed by atoms with E-state index in [0.717, 1.165) is 17.5 Å². The van der Waals surface area contributed by atoms with Crippen LogP contribution >= 0.6 is 0 Å². The van der Waals surface area contributed by atoms with Gasteiger partial charge in [0, 0.05) is 43.7 Å². The number of rotatable bonds is 7. The number of pyridine rings is 1. The summed E-state index contributed by atoms with van der Waals surface area (Å²) in [5.74, 6) is -0.265. The molecule has 0 bridgehead atoms. The smallest absolute Gasteiger partial charge is 0.254 e. The zero-order chi connectivity index (χ0) is 20.6. The lowest BCUT2D eigenvalue weighted by Crippen LogP contribution is -2.30. The molecule has 0 spiro atoms. The Morgan fingerprint density at radius 1 is 0.931 bits per heavy atom. The van der Waals surface area contributed by atoms with Gasteiger partial charge in [-0.3, -0.25) is 14.6 Å². The van der Waals surface area contributed by atoms with Crippen molar-refractivity contribution in [3.05, 3.63) is 95.3 Å². The van der Waals surface area contributed by atoms with Crippen LogP contribution in [0.2, 0.25) is 0 Å². The van der Waals surface area contributed by atoms with E-state index < -0.39 is 0 Å². The van der Waals surface area contributed by atoms with Crippen molar-refractivity contribution < 1.29 is 9.59 Å². The van der Waals surface area contributed by atoms with Gasteiger partial charge in [-0.15, -0.1) is 0 Å². The van der Waals surface area contributed by atoms with Gasteiger partial charge in [0.1, 0.15) is 0 Å². The lowest BCUT2D eigenvalue weighted by Gasteiger charge is -2.23. The van der Waals surface area contributed by atoms with Crippen LogP contribution in [0.3, 0.4) is 0 Å². The Kier molecular flexibility index (Phi) is 6.74. The standard InChI is InChI=1S/C24H25N3O2/c1-3-19-9-11-20(12-10-19)16-27(17-21-6-5-13-25-15-21)24(29)22-7-4-8-23(14-22)26-18(2)28/h4-15H,3,16-17H2,1-2H3,(H,26,28). The van der Waals surface area contributed by atoms with Crippen LogP contribution in [0.1, 0.15) is 40.9 Å². The van der Waals surface area contributed by atoms with E-state index in [2.05, 4.69) is 41.5 Å². The van der Waals surface area contributed by atoms with Crippen LogP contribution in [0.4, 0.5) is 5.69 Å². The average molecular weight is 387 g/mol. The van der Waals surface area contributed by atoms with Crippen molar-refractivity contribution in [2.75, 3.05) is 5.32 Å². The van der Waals surface area contributed by atoms with Crippen LogP contribution in [-0.4, -0.2) is 21.7 Å². The quantitative estimate of drug-likeness (QED) is 0.652. The molecule has 0 aliphatic heterocycles. The van der Waals surface area contributed by atoms with Crippen LogP contribution in [0.15, 0.2) is 73.1 Å². The van der Waals surface area contributed by atoms with Crippen molar-refractivity contribution in [3.63, 3.8) is 0 Å². The van der Waals surface area contributed by atoms with Crippen LogP contribution in [-0.2, 0) is 24.3 Å². The fraction of sp³-hybridized carbons (Fsp3) is 0.208. The number of hydrogen-bond donors (Lipinski definition) is 1. The monoisotopic (exact) mass is 387 g/mol. The van der Waals surface area contributed by atoms with Gasteiger partial charge in [0.15, 0.2) is 0 Å². The zero-order valence-corrected chi connectivity index (χ0v) is 16.8. The second-order valence-electron chi connectivity index (χ2n) is 6.95. The predicted molar refractivity (Wildman–Crippen MR) is 114 cm³/mol. The van der Waals surface area contributed by atoms with E-state index in [0.29, 0.717) is 24.3 Å². The number of aryl methyl sites for hydroxylation is 1. The highest BCUT2D eigenvalue weighted by atomic mass is 16.2. The number of amides is 2. The second-order valence-corrected chi connectivity index (χ2v) is 6.95. The minimum Gasteiger partial charge on any atom is -0.330 e. The fourth-order valence-electron chi connectivity index (χ4n) is 3.13. The van der Waals surface area contributed by atoms with Gasteiger partial charge >= 0.3 is 0 Å². The summed E-state index contributed by atoms with van der Waals surface area (Å²) < 4.78 is 0. The maximum atomic E-state index is 13.3. The Morgan fingerprint density at radius 3 is 2.31 bits per heavy atom. The number of anilines is 1. The number of benzene rings is 2. The summed E-state index contributed by atoms with van der Waals surface area (Å²) in [6.07, 6.45) is 4.47. The van der Waals surface area contributed by atoms with E-state index >= 15 is 0 Å². The molecule has 1 heterocycles. The minimum absolute atomic E-state index is 0.0966. The van der Waals surface area contributed by atoms with E-state index in [-0.39, 0.29) is 11.8 Å². The number of hydrogen-bond acceptors (Lipinski definition) is 3. The van der Waals surface area contributed by atoms with Gasteiger partial charge in [0.05, 0.1) is 0 Å².